The predicted octanol–water partition coefficient (Wildman–Crippen LogP) is 2.92. The molecule has 3 aromatic rings. The first-order valence-corrected chi connectivity index (χ1v) is 8.56. The maximum atomic E-state index is 12.5. The minimum Gasteiger partial charge on any atom is -0.350 e. The van der Waals surface area contributed by atoms with Gasteiger partial charge >= 0.3 is 0 Å². The average molecular weight is 345 g/mol. The lowest BCUT2D eigenvalue weighted by Crippen LogP contribution is -2.49. The molecule has 1 aliphatic rings. The van der Waals surface area contributed by atoms with Crippen molar-refractivity contribution in [1.29, 1.82) is 0 Å². The van der Waals surface area contributed by atoms with Crippen LogP contribution in [0.1, 0.15) is 21.5 Å². The zero-order chi connectivity index (χ0) is 18.1. The van der Waals surface area contributed by atoms with Crippen LogP contribution in [0.3, 0.4) is 0 Å². The van der Waals surface area contributed by atoms with Gasteiger partial charge in [-0.05, 0) is 30.2 Å². The van der Waals surface area contributed by atoms with Gasteiger partial charge in [0.15, 0.2) is 0 Å². The Bertz CT molecular complexity index is 1030. The first kappa shape index (κ1) is 16.1. The lowest BCUT2D eigenvalue weighted by atomic mass is 10.0. The van der Waals surface area contributed by atoms with E-state index in [1.165, 1.54) is 11.1 Å². The lowest BCUT2D eigenvalue weighted by Gasteiger charge is -2.28. The summed E-state index contributed by atoms with van der Waals surface area (Å²) in [5.41, 5.74) is 6.43. The molecule has 5 nitrogen and oxygen atoms in total. The molecule has 4 rings (SSSR count). The van der Waals surface area contributed by atoms with Crippen LogP contribution in [0.5, 0.6) is 0 Å². The van der Waals surface area contributed by atoms with Crippen LogP contribution in [-0.4, -0.2) is 27.9 Å². The number of amides is 2. The Labute approximate surface area is 151 Å². The van der Waals surface area contributed by atoms with Gasteiger partial charge in [-0.1, -0.05) is 36.4 Å². The van der Waals surface area contributed by atoms with Crippen LogP contribution in [-0.2, 0) is 18.3 Å². The van der Waals surface area contributed by atoms with Crippen LogP contribution in [0.4, 0.5) is 0 Å². The summed E-state index contributed by atoms with van der Waals surface area (Å²) in [6.07, 6.45) is 5.96. The normalized spacial score (nSPS) is 14.0. The zero-order valence-electron chi connectivity index (χ0n) is 14.5. The summed E-state index contributed by atoms with van der Waals surface area (Å²) in [6.45, 7) is 0.476. The smallest absolute Gasteiger partial charge is 0.272 e. The molecule has 1 aromatic heterocycles. The number of nitrogens with one attached hydrogen (secondary N) is 1. The van der Waals surface area contributed by atoms with E-state index in [0.29, 0.717) is 12.1 Å². The van der Waals surface area contributed by atoms with E-state index in [4.69, 9.17) is 0 Å². The minimum atomic E-state index is -0.314. The number of nitrogens with zero attached hydrogens (tertiary/aromatic N) is 2. The highest BCUT2D eigenvalue weighted by Gasteiger charge is 2.24. The number of hydrogen-bond donors (Lipinski definition) is 1. The van der Waals surface area contributed by atoms with Crippen LogP contribution in [0.2, 0.25) is 0 Å². The number of rotatable bonds is 3. The van der Waals surface area contributed by atoms with Gasteiger partial charge < -0.3 is 4.57 Å². The summed E-state index contributed by atoms with van der Waals surface area (Å²) < 4.78 is 2.03. The van der Waals surface area contributed by atoms with Crippen molar-refractivity contribution in [2.24, 2.45) is 7.05 Å². The molecule has 2 amide bonds. The number of hydrazine groups is 1. The van der Waals surface area contributed by atoms with Gasteiger partial charge in [-0.2, -0.15) is 0 Å². The predicted molar refractivity (Wildman–Crippen MR) is 101 cm³/mol. The van der Waals surface area contributed by atoms with E-state index in [1.807, 2.05) is 60.3 Å². The second-order valence-electron chi connectivity index (χ2n) is 6.39. The van der Waals surface area contributed by atoms with Crippen LogP contribution >= 0.6 is 0 Å². The van der Waals surface area contributed by atoms with E-state index in [0.717, 1.165) is 28.5 Å². The van der Waals surface area contributed by atoms with Gasteiger partial charge in [-0.25, -0.2) is 5.01 Å². The molecular weight excluding hydrogens is 326 g/mol. The molecule has 2 heterocycles. The number of carbonyl (C=O) groups is 2. The lowest BCUT2D eigenvalue weighted by molar-refractivity contribution is -0.120. The van der Waals surface area contributed by atoms with Gasteiger partial charge in [0.1, 0.15) is 0 Å². The number of hydrogen-bond acceptors (Lipinski definition) is 2. The van der Waals surface area contributed by atoms with Crippen molar-refractivity contribution in [2.75, 3.05) is 6.54 Å². The standard InChI is InChI=1S/C21H19N3O2/c1-23-14-16(17-7-4-5-9-19(17)23)10-11-20(25)22-24-13-12-15-6-2-3-8-18(15)21(24)26/h2-11,14H,12-13H2,1H3,(H,22,25). The summed E-state index contributed by atoms with van der Waals surface area (Å²) in [5.74, 6) is -0.482. The monoisotopic (exact) mass is 345 g/mol. The van der Waals surface area contributed by atoms with E-state index < -0.39 is 0 Å². The van der Waals surface area contributed by atoms with Crippen LogP contribution in [0, 0.1) is 0 Å². The summed E-state index contributed by atoms with van der Waals surface area (Å²) >= 11 is 0. The fourth-order valence-electron chi connectivity index (χ4n) is 3.37. The maximum Gasteiger partial charge on any atom is 0.272 e. The zero-order valence-corrected chi connectivity index (χ0v) is 14.5. The molecule has 2 aromatic carbocycles. The first-order chi connectivity index (χ1) is 12.6. The number of para-hydroxylation sites is 1. The van der Waals surface area contributed by atoms with Crippen molar-refractivity contribution in [3.05, 3.63) is 77.5 Å². The number of benzene rings is 2. The highest BCUT2D eigenvalue weighted by Crippen LogP contribution is 2.21. The molecule has 0 fully saturated rings. The molecule has 0 radical (unpaired) electrons. The van der Waals surface area contributed by atoms with Gasteiger partial charge in [0.2, 0.25) is 0 Å². The molecule has 130 valence electrons. The molecular formula is C21H19N3O2. The second kappa shape index (κ2) is 6.52. The summed E-state index contributed by atoms with van der Waals surface area (Å²) in [6, 6.07) is 15.5. The largest absolute Gasteiger partial charge is 0.350 e. The SMILES string of the molecule is Cn1cc(C=CC(=O)NN2CCc3ccccc3C2=O)c2ccccc21. The van der Waals surface area contributed by atoms with Crippen molar-refractivity contribution in [3.63, 3.8) is 0 Å². The number of carbonyl (C=O) groups excluding carboxylic acids is 2. The summed E-state index contributed by atoms with van der Waals surface area (Å²) in [7, 11) is 1.98. The molecule has 1 N–H and O–H groups in total. The van der Waals surface area contributed by atoms with Crippen LogP contribution in [0.25, 0.3) is 17.0 Å². The second-order valence-corrected chi connectivity index (χ2v) is 6.39. The quantitative estimate of drug-likeness (QED) is 0.742. The van der Waals surface area contributed by atoms with E-state index in [9.17, 15) is 9.59 Å². The van der Waals surface area contributed by atoms with Crippen molar-refractivity contribution < 1.29 is 9.59 Å². The molecule has 0 aliphatic carbocycles. The van der Waals surface area contributed by atoms with Gasteiger partial charge in [-0.3, -0.25) is 15.0 Å². The fourth-order valence-corrected chi connectivity index (χ4v) is 3.37. The third kappa shape index (κ3) is 2.88. The molecule has 1 aliphatic heterocycles. The van der Waals surface area contributed by atoms with Gasteiger partial charge in [0.05, 0.1) is 0 Å². The Morgan fingerprint density at radius 3 is 2.77 bits per heavy atom. The maximum absolute atomic E-state index is 12.5. The number of fused-ring (bicyclic) bond motifs is 2. The van der Waals surface area contributed by atoms with Crippen LogP contribution in [0.15, 0.2) is 60.8 Å². The third-order valence-corrected chi connectivity index (χ3v) is 4.68. The Morgan fingerprint density at radius 1 is 1.12 bits per heavy atom. The highest BCUT2D eigenvalue weighted by molar-refractivity contribution is 6.00. The Balaban J connectivity index is 1.49. The van der Waals surface area contributed by atoms with E-state index in [-0.39, 0.29) is 11.8 Å². The van der Waals surface area contributed by atoms with E-state index in [2.05, 4.69) is 5.43 Å². The molecule has 0 spiro atoms. The van der Waals surface area contributed by atoms with Crippen molar-refractivity contribution in [1.82, 2.24) is 15.0 Å². The van der Waals surface area contributed by atoms with Crippen LogP contribution < -0.4 is 5.43 Å². The molecule has 0 atom stereocenters. The minimum absolute atomic E-state index is 0.168. The van der Waals surface area contributed by atoms with E-state index >= 15 is 0 Å². The number of aryl methyl sites for hydroxylation is 1. The average Bonchev–Trinajstić information content (AvgIpc) is 2.99. The van der Waals surface area contributed by atoms with Crippen molar-refractivity contribution in [3.8, 4) is 0 Å². The first-order valence-electron chi connectivity index (χ1n) is 8.56. The fraction of sp³-hybridized carbons (Fsp3) is 0.143. The van der Waals surface area contributed by atoms with Gasteiger partial charge in [-0.15, -0.1) is 0 Å². The third-order valence-electron chi connectivity index (χ3n) is 4.68. The Hall–Kier alpha value is -3.34. The summed E-state index contributed by atoms with van der Waals surface area (Å²) in [5, 5.41) is 2.47. The molecule has 26 heavy (non-hydrogen) atoms. The molecule has 0 saturated carbocycles. The number of aromatic nitrogens is 1. The Kier molecular flexibility index (Phi) is 4.05. The molecule has 0 saturated heterocycles. The molecule has 0 bridgehead atoms. The molecule has 0 unspecified atom stereocenters. The highest BCUT2D eigenvalue weighted by atomic mass is 16.2. The van der Waals surface area contributed by atoms with Crippen molar-refractivity contribution >= 4 is 28.8 Å². The topological polar surface area (TPSA) is 54.3 Å². The van der Waals surface area contributed by atoms with Gasteiger partial charge in [0, 0.05) is 47.9 Å². The Morgan fingerprint density at radius 2 is 1.88 bits per heavy atom. The van der Waals surface area contributed by atoms with E-state index in [1.54, 1.807) is 12.1 Å². The van der Waals surface area contributed by atoms with Crippen molar-refractivity contribution in [2.45, 2.75) is 6.42 Å². The summed E-state index contributed by atoms with van der Waals surface area (Å²) in [4.78, 5) is 24.8. The van der Waals surface area contributed by atoms with Gasteiger partial charge in [0.25, 0.3) is 11.8 Å². The molecule has 5 heteroatoms.